The van der Waals surface area contributed by atoms with Crippen LogP contribution in [0.3, 0.4) is 0 Å². The van der Waals surface area contributed by atoms with Crippen LogP contribution in [0.15, 0.2) is 0 Å². The molecule has 3 aliphatic rings. The summed E-state index contributed by atoms with van der Waals surface area (Å²) in [5.41, 5.74) is 0.250. The van der Waals surface area contributed by atoms with Crippen LogP contribution >= 0.6 is 0 Å². The number of carbonyl (C=O) groups is 1. The Labute approximate surface area is 135 Å². The van der Waals surface area contributed by atoms with E-state index in [4.69, 9.17) is 0 Å². The monoisotopic (exact) mass is 307 g/mol. The minimum atomic E-state index is 0.173. The first-order valence-electron chi connectivity index (χ1n) is 9.47. The van der Waals surface area contributed by atoms with E-state index in [-0.39, 0.29) is 11.6 Å². The highest BCUT2D eigenvalue weighted by Crippen LogP contribution is 2.35. The number of rotatable bonds is 3. The zero-order valence-electron chi connectivity index (χ0n) is 14.3. The van der Waals surface area contributed by atoms with Crippen LogP contribution in [0.4, 0.5) is 4.79 Å². The highest BCUT2D eigenvalue weighted by atomic mass is 16.2. The first-order chi connectivity index (χ1) is 10.7. The summed E-state index contributed by atoms with van der Waals surface area (Å²) in [4.78, 5) is 17.2. The van der Waals surface area contributed by atoms with Gasteiger partial charge in [0.15, 0.2) is 0 Å². The van der Waals surface area contributed by atoms with Gasteiger partial charge in [0.1, 0.15) is 0 Å². The average Bonchev–Trinajstić information content (AvgIpc) is 3.01. The molecule has 1 N–H and O–H groups in total. The first kappa shape index (κ1) is 16.1. The van der Waals surface area contributed by atoms with E-state index in [1.165, 1.54) is 64.5 Å². The lowest BCUT2D eigenvalue weighted by Gasteiger charge is -2.48. The third kappa shape index (κ3) is 3.58. The number of nitrogens with zero attached hydrogens (tertiary/aromatic N) is 2. The zero-order chi connectivity index (χ0) is 15.4. The second-order valence-electron chi connectivity index (χ2n) is 7.83. The van der Waals surface area contributed by atoms with E-state index >= 15 is 0 Å². The Morgan fingerprint density at radius 2 is 1.73 bits per heavy atom. The van der Waals surface area contributed by atoms with Gasteiger partial charge in [-0.2, -0.15) is 0 Å². The molecule has 1 aliphatic carbocycles. The molecule has 4 nitrogen and oxygen atoms in total. The highest BCUT2D eigenvalue weighted by molar-refractivity contribution is 5.74. The van der Waals surface area contributed by atoms with Gasteiger partial charge < -0.3 is 10.2 Å². The summed E-state index contributed by atoms with van der Waals surface area (Å²) in [6, 6.07) is 0.173. The molecule has 3 rings (SSSR count). The van der Waals surface area contributed by atoms with E-state index in [9.17, 15) is 4.79 Å². The van der Waals surface area contributed by atoms with E-state index in [2.05, 4.69) is 17.1 Å². The van der Waals surface area contributed by atoms with Crippen molar-refractivity contribution in [2.45, 2.75) is 70.3 Å². The van der Waals surface area contributed by atoms with Crippen LogP contribution in [0.1, 0.15) is 64.7 Å². The van der Waals surface area contributed by atoms with Crippen molar-refractivity contribution in [3.05, 3.63) is 0 Å². The molecule has 126 valence electrons. The fraction of sp³-hybridized carbons (Fsp3) is 0.944. The first-order valence-corrected chi connectivity index (χ1v) is 9.47. The van der Waals surface area contributed by atoms with Gasteiger partial charge in [-0.05, 0) is 51.1 Å². The normalized spacial score (nSPS) is 29.5. The van der Waals surface area contributed by atoms with E-state index < -0.39 is 0 Å². The van der Waals surface area contributed by atoms with Crippen molar-refractivity contribution in [3.63, 3.8) is 0 Å². The number of likely N-dealkylation sites (tertiary alicyclic amines) is 2. The Balaban J connectivity index is 1.59. The van der Waals surface area contributed by atoms with Crippen molar-refractivity contribution in [1.29, 1.82) is 0 Å². The Bertz CT molecular complexity index is 373. The topological polar surface area (TPSA) is 35.6 Å². The molecule has 0 bridgehead atoms. The van der Waals surface area contributed by atoms with Crippen LogP contribution in [0, 0.1) is 5.92 Å². The summed E-state index contributed by atoms with van der Waals surface area (Å²) in [5.74, 6) is 0.663. The van der Waals surface area contributed by atoms with Crippen molar-refractivity contribution in [2.75, 3.05) is 32.7 Å². The largest absolute Gasteiger partial charge is 0.336 e. The minimum absolute atomic E-state index is 0.173. The van der Waals surface area contributed by atoms with Crippen LogP contribution in [0.5, 0.6) is 0 Å². The summed E-state index contributed by atoms with van der Waals surface area (Å²) in [6.07, 6.45) is 11.8. The second-order valence-corrected chi connectivity index (χ2v) is 7.83. The third-order valence-electron chi connectivity index (χ3n) is 6.09. The van der Waals surface area contributed by atoms with Crippen molar-refractivity contribution >= 4 is 6.03 Å². The molecule has 0 spiro atoms. The maximum Gasteiger partial charge on any atom is 0.317 e. The Kier molecular flexibility index (Phi) is 5.27. The molecule has 2 saturated heterocycles. The molecule has 4 heteroatoms. The molecule has 1 atom stereocenters. The fourth-order valence-electron chi connectivity index (χ4n) is 4.65. The summed E-state index contributed by atoms with van der Waals surface area (Å²) >= 11 is 0. The molecular formula is C18H33N3O. The lowest BCUT2D eigenvalue weighted by atomic mass is 9.79. The molecule has 2 amide bonds. The number of piperidine rings is 1. The van der Waals surface area contributed by atoms with Gasteiger partial charge in [-0.1, -0.05) is 32.6 Å². The maximum atomic E-state index is 12.5. The SMILES string of the molecule is CC1CCN(C(=O)NCC2(N3CCCCC3)CCCCC2)C1. The van der Waals surface area contributed by atoms with Crippen LogP contribution < -0.4 is 5.32 Å². The van der Waals surface area contributed by atoms with Crippen molar-refractivity contribution < 1.29 is 4.79 Å². The van der Waals surface area contributed by atoms with Crippen LogP contribution in [0.2, 0.25) is 0 Å². The molecular weight excluding hydrogens is 274 g/mol. The Morgan fingerprint density at radius 3 is 2.36 bits per heavy atom. The molecule has 22 heavy (non-hydrogen) atoms. The number of carbonyl (C=O) groups excluding carboxylic acids is 1. The van der Waals surface area contributed by atoms with Crippen molar-refractivity contribution in [2.24, 2.45) is 5.92 Å². The van der Waals surface area contributed by atoms with Crippen LogP contribution in [-0.4, -0.2) is 54.1 Å². The summed E-state index contributed by atoms with van der Waals surface area (Å²) in [5, 5.41) is 3.30. The van der Waals surface area contributed by atoms with E-state index in [0.29, 0.717) is 5.92 Å². The molecule has 1 unspecified atom stereocenters. The van der Waals surface area contributed by atoms with Gasteiger partial charge in [0, 0.05) is 25.2 Å². The van der Waals surface area contributed by atoms with Gasteiger partial charge >= 0.3 is 6.03 Å². The van der Waals surface area contributed by atoms with Crippen LogP contribution in [-0.2, 0) is 0 Å². The van der Waals surface area contributed by atoms with Crippen molar-refractivity contribution in [1.82, 2.24) is 15.1 Å². The number of urea groups is 1. The maximum absolute atomic E-state index is 12.5. The number of hydrogen-bond donors (Lipinski definition) is 1. The second kappa shape index (κ2) is 7.20. The summed E-state index contributed by atoms with van der Waals surface area (Å²) < 4.78 is 0. The quantitative estimate of drug-likeness (QED) is 0.869. The number of amides is 2. The van der Waals surface area contributed by atoms with Gasteiger partial charge in [-0.3, -0.25) is 4.90 Å². The predicted molar refractivity (Wildman–Crippen MR) is 90.0 cm³/mol. The molecule has 3 fully saturated rings. The minimum Gasteiger partial charge on any atom is -0.336 e. The molecule has 0 aromatic heterocycles. The van der Waals surface area contributed by atoms with E-state index in [0.717, 1.165) is 26.1 Å². The van der Waals surface area contributed by atoms with Crippen LogP contribution in [0.25, 0.3) is 0 Å². The molecule has 0 aromatic carbocycles. The molecule has 0 radical (unpaired) electrons. The van der Waals surface area contributed by atoms with Gasteiger partial charge in [0.25, 0.3) is 0 Å². The third-order valence-corrected chi connectivity index (χ3v) is 6.09. The standard InChI is InChI=1S/C18H33N3O/c1-16-8-13-20(14-16)17(22)19-15-18(9-4-2-5-10-18)21-11-6-3-7-12-21/h16H,2-15H2,1H3,(H,19,22). The Morgan fingerprint density at radius 1 is 1.05 bits per heavy atom. The number of hydrogen-bond acceptors (Lipinski definition) is 2. The smallest absolute Gasteiger partial charge is 0.317 e. The summed E-state index contributed by atoms with van der Waals surface area (Å²) in [7, 11) is 0. The van der Waals surface area contributed by atoms with E-state index in [1.807, 2.05) is 4.90 Å². The predicted octanol–water partition coefficient (Wildman–Crippen LogP) is 3.23. The summed E-state index contributed by atoms with van der Waals surface area (Å²) in [6.45, 7) is 7.43. The van der Waals surface area contributed by atoms with Gasteiger partial charge in [-0.15, -0.1) is 0 Å². The molecule has 2 heterocycles. The van der Waals surface area contributed by atoms with Gasteiger partial charge in [0.05, 0.1) is 0 Å². The lowest BCUT2D eigenvalue weighted by molar-refractivity contribution is 0.0345. The lowest BCUT2D eigenvalue weighted by Crippen LogP contribution is -2.59. The molecule has 1 saturated carbocycles. The van der Waals surface area contributed by atoms with Gasteiger partial charge in [-0.25, -0.2) is 4.79 Å². The molecule has 2 aliphatic heterocycles. The fourth-order valence-corrected chi connectivity index (χ4v) is 4.65. The average molecular weight is 307 g/mol. The molecule has 0 aromatic rings. The van der Waals surface area contributed by atoms with Gasteiger partial charge in [0.2, 0.25) is 0 Å². The number of nitrogens with one attached hydrogen (secondary N) is 1. The van der Waals surface area contributed by atoms with Crippen molar-refractivity contribution in [3.8, 4) is 0 Å². The zero-order valence-corrected chi connectivity index (χ0v) is 14.3. The van der Waals surface area contributed by atoms with E-state index in [1.54, 1.807) is 0 Å². The Hall–Kier alpha value is -0.770. The highest BCUT2D eigenvalue weighted by Gasteiger charge is 2.39.